The summed E-state index contributed by atoms with van der Waals surface area (Å²) in [4.78, 5) is 74.5. The summed E-state index contributed by atoms with van der Waals surface area (Å²) in [6, 6.07) is 61.5. The zero-order chi connectivity index (χ0) is 72.9. The number of H-pyrrole nitrogens is 5. The summed E-state index contributed by atoms with van der Waals surface area (Å²) in [6.07, 6.45) is 8.51. The number of carbonyl (C=O) groups excluding carboxylic acids is 6. The molecule has 105 heavy (non-hydrogen) atoms. The van der Waals surface area contributed by atoms with Crippen molar-refractivity contribution in [2.75, 3.05) is 0 Å². The molecule has 14 N–H and O–H groups in total. The number of aromatic amines is 5. The molecule has 6 amide bonds. The highest BCUT2D eigenvalue weighted by Crippen LogP contribution is 2.36. The number of benzene rings is 9. The Morgan fingerprint density at radius 1 is 0.419 bits per heavy atom. The van der Waals surface area contributed by atoms with E-state index >= 15 is 0 Å². The Morgan fingerprint density at radius 3 is 1.30 bits per heavy atom. The van der Waals surface area contributed by atoms with Crippen molar-refractivity contribution < 1.29 is 33.2 Å². The molecule has 2 aliphatic rings. The Kier molecular flexibility index (Phi) is 21.5. The molecule has 0 unspecified atom stereocenters. The number of nitrogens with zero attached hydrogens (tertiary/aromatic N) is 6. The summed E-state index contributed by atoms with van der Waals surface area (Å²) in [5.74, 6) is 0.883. The number of primary amides is 3. The molecular weight excluding hydrogens is 1330 g/mol. The first-order chi connectivity index (χ1) is 51.1. The predicted octanol–water partition coefficient (Wildman–Crippen LogP) is 13.1. The molecule has 24 heteroatoms. The van der Waals surface area contributed by atoms with Crippen LogP contribution in [0.15, 0.2) is 200 Å². The van der Waals surface area contributed by atoms with E-state index in [1.807, 2.05) is 128 Å². The van der Waals surface area contributed by atoms with Gasteiger partial charge < -0.3 is 33.2 Å². The fourth-order valence-corrected chi connectivity index (χ4v) is 12.6. The van der Waals surface area contributed by atoms with E-state index < -0.39 is 17.7 Å². The predicted molar refractivity (Wildman–Crippen MR) is 402 cm³/mol. The SMILES string of the molecule is CCC(=O)NCc1cccc(-c2n[nH]c3ccc(C(N)=O)cc23)c1.Fc1ccc(-c2n[nH]c3ccc(-c4n[nH]c(C5CCCC5)n4)cc23)cc1.NC(=O)c1ccc2[nH]nc(-c3cccc(CNC(=O)C4CC4)c3)c2c1.NC(=O)c1ccc2[nH]nc(-c3cccc(CNC(=O)CCc4ccccc4)c3)c2c1. The molecule has 2 saturated carbocycles. The molecule has 528 valence electrons. The van der Waals surface area contributed by atoms with Crippen molar-refractivity contribution in [2.24, 2.45) is 23.1 Å². The van der Waals surface area contributed by atoms with Crippen LogP contribution >= 0.6 is 0 Å². The summed E-state index contributed by atoms with van der Waals surface area (Å²) in [7, 11) is 0. The molecule has 9 aromatic carbocycles. The lowest BCUT2D eigenvalue weighted by molar-refractivity contribution is -0.122. The van der Waals surface area contributed by atoms with Gasteiger partial charge >= 0.3 is 0 Å². The topological polar surface area (TPSA) is 373 Å². The monoisotopic (exact) mass is 1400 g/mol. The van der Waals surface area contributed by atoms with E-state index in [-0.39, 0.29) is 29.5 Å². The van der Waals surface area contributed by atoms with Crippen LogP contribution in [-0.2, 0) is 40.4 Å². The van der Waals surface area contributed by atoms with Gasteiger partial charge in [0, 0.05) is 110 Å². The number of fused-ring (bicyclic) bond motifs is 4. The van der Waals surface area contributed by atoms with E-state index in [2.05, 4.69) is 66.9 Å². The molecule has 16 rings (SSSR count). The lowest BCUT2D eigenvalue weighted by Gasteiger charge is -2.07. The van der Waals surface area contributed by atoms with Crippen molar-refractivity contribution in [3.8, 4) is 56.4 Å². The Hall–Kier alpha value is -13.3. The van der Waals surface area contributed by atoms with Crippen molar-refractivity contribution in [1.82, 2.24) is 71.9 Å². The van der Waals surface area contributed by atoms with Gasteiger partial charge in [-0.3, -0.25) is 54.3 Å². The van der Waals surface area contributed by atoms with E-state index in [4.69, 9.17) is 22.2 Å². The average molecular weight is 1400 g/mol. The smallest absolute Gasteiger partial charge is 0.248 e. The minimum atomic E-state index is -0.476. The second kappa shape index (κ2) is 32.2. The third-order valence-electron chi connectivity index (χ3n) is 18.5. The molecule has 0 bridgehead atoms. The first-order valence-corrected chi connectivity index (χ1v) is 34.7. The van der Waals surface area contributed by atoms with Crippen molar-refractivity contribution in [3.05, 3.63) is 251 Å². The molecular formula is C81H76FN17O6. The minimum Gasteiger partial charge on any atom is -0.366 e. The normalized spacial score (nSPS) is 12.6. The van der Waals surface area contributed by atoms with Crippen LogP contribution in [0.2, 0.25) is 0 Å². The van der Waals surface area contributed by atoms with Gasteiger partial charge in [-0.25, -0.2) is 9.37 Å². The zero-order valence-corrected chi connectivity index (χ0v) is 57.4. The van der Waals surface area contributed by atoms with E-state index in [9.17, 15) is 33.2 Å². The fourth-order valence-electron chi connectivity index (χ4n) is 12.6. The number of nitrogens with one attached hydrogen (secondary N) is 8. The molecule has 2 fully saturated rings. The van der Waals surface area contributed by atoms with Gasteiger partial charge in [0.05, 0.1) is 44.8 Å². The minimum absolute atomic E-state index is 0.0109. The van der Waals surface area contributed by atoms with Gasteiger partial charge in [-0.05, 0) is 170 Å². The molecule has 0 radical (unpaired) electrons. The summed E-state index contributed by atoms with van der Waals surface area (Å²) < 4.78 is 13.2. The Balaban J connectivity index is 0.000000125. The lowest BCUT2D eigenvalue weighted by atomic mass is 10.0. The van der Waals surface area contributed by atoms with Gasteiger partial charge in [-0.15, -0.1) is 0 Å². The maximum Gasteiger partial charge on any atom is 0.248 e. The number of hydrogen-bond acceptors (Lipinski definition) is 12. The lowest BCUT2D eigenvalue weighted by Crippen LogP contribution is -2.24. The van der Waals surface area contributed by atoms with Crippen LogP contribution in [0.3, 0.4) is 0 Å². The molecule has 23 nitrogen and oxygen atoms in total. The van der Waals surface area contributed by atoms with Crippen LogP contribution in [0, 0.1) is 11.7 Å². The van der Waals surface area contributed by atoms with Crippen molar-refractivity contribution in [1.29, 1.82) is 0 Å². The maximum atomic E-state index is 13.2. The number of halogens is 1. The Bertz CT molecular complexity index is 5490. The van der Waals surface area contributed by atoms with Gasteiger partial charge in [0.25, 0.3) is 0 Å². The van der Waals surface area contributed by atoms with Crippen molar-refractivity contribution in [2.45, 2.75) is 90.3 Å². The number of hydrogen-bond donors (Lipinski definition) is 11. The first kappa shape index (κ1) is 70.2. The van der Waals surface area contributed by atoms with Crippen LogP contribution < -0.4 is 33.2 Å². The number of aryl methyl sites for hydroxylation is 1. The number of rotatable bonds is 20. The zero-order valence-electron chi connectivity index (χ0n) is 57.4. The van der Waals surface area contributed by atoms with Gasteiger partial charge in [0.15, 0.2) is 5.82 Å². The quantitative estimate of drug-likeness (QED) is 0.0339. The van der Waals surface area contributed by atoms with Gasteiger partial charge in [-0.1, -0.05) is 105 Å². The van der Waals surface area contributed by atoms with E-state index in [1.165, 1.54) is 37.8 Å². The van der Waals surface area contributed by atoms with Crippen LogP contribution in [0.4, 0.5) is 4.39 Å². The van der Waals surface area contributed by atoms with Gasteiger partial charge in [-0.2, -0.15) is 25.5 Å². The summed E-state index contributed by atoms with van der Waals surface area (Å²) >= 11 is 0. The molecule has 0 aliphatic heterocycles. The number of nitrogens with two attached hydrogens (primary N) is 3. The molecule has 0 saturated heterocycles. The third kappa shape index (κ3) is 17.2. The summed E-state index contributed by atoms with van der Waals surface area (Å²) in [5, 5.41) is 49.3. The van der Waals surface area contributed by atoms with Crippen LogP contribution in [0.1, 0.15) is 123 Å². The third-order valence-corrected chi connectivity index (χ3v) is 18.5. The van der Waals surface area contributed by atoms with Crippen LogP contribution in [0.25, 0.3) is 100 Å². The molecule has 0 spiro atoms. The summed E-state index contributed by atoms with van der Waals surface area (Å²) in [5.41, 5.74) is 32.6. The molecule has 5 aromatic heterocycles. The van der Waals surface area contributed by atoms with Crippen molar-refractivity contribution in [3.63, 3.8) is 0 Å². The maximum absolute atomic E-state index is 13.2. The fraction of sp³-hybridized carbons (Fsp3) is 0.185. The Morgan fingerprint density at radius 2 is 0.838 bits per heavy atom. The molecule has 5 heterocycles. The number of amides is 6. The molecule has 2 aliphatic carbocycles. The van der Waals surface area contributed by atoms with Crippen LogP contribution in [0.5, 0.6) is 0 Å². The van der Waals surface area contributed by atoms with Gasteiger partial charge in [0.2, 0.25) is 35.4 Å². The summed E-state index contributed by atoms with van der Waals surface area (Å²) in [6.45, 7) is 3.22. The second-order valence-electron chi connectivity index (χ2n) is 25.9. The highest BCUT2D eigenvalue weighted by atomic mass is 19.1. The average Bonchev–Trinajstić information content (AvgIpc) is 1.71. The van der Waals surface area contributed by atoms with E-state index in [0.29, 0.717) is 67.3 Å². The van der Waals surface area contributed by atoms with Gasteiger partial charge in [0.1, 0.15) is 11.6 Å². The molecule has 0 atom stereocenters. The number of carbonyl (C=O) groups is 6. The van der Waals surface area contributed by atoms with Crippen LogP contribution in [-0.4, -0.2) is 91.4 Å². The second-order valence-corrected chi connectivity index (χ2v) is 25.9. The van der Waals surface area contributed by atoms with E-state index in [0.717, 1.165) is 135 Å². The molecule has 14 aromatic rings. The largest absolute Gasteiger partial charge is 0.366 e. The van der Waals surface area contributed by atoms with E-state index in [1.54, 1.807) is 66.7 Å². The Labute approximate surface area is 601 Å². The van der Waals surface area contributed by atoms with Crippen molar-refractivity contribution >= 4 is 79.1 Å². The highest BCUT2D eigenvalue weighted by Gasteiger charge is 2.29. The standard InChI is InChI=1S/C24H22N4O2.C20H18FN5.C19H18N4O2.C18H18N4O2/c25-24(30)19-10-11-21-20(14-19)23(28-27-21)18-8-4-7-17(13-18)15-26-22(29)12-9-16-5-2-1-3-6-16;21-15-8-5-12(6-9-15)18-16-11-14(7-10-17(16)23-24-18)20-22-19(25-26-20)13-3-1-2-4-13;20-18(24)14-6-7-16-15(9-14)17(23-22-16)13-3-1-2-11(8-13)10-21-19(25)12-4-5-12;1-2-16(23)20-10-11-4-3-5-12(8-11)17-14-9-13(18(19)24)6-7-15(14)21-22-17/h1-8,10-11,13-14H,9,12,15H2,(H2,25,30)(H,26,29)(H,27,28);5-11,13H,1-4H2,(H,23,24)(H,22,25,26);1-3,6-9,12H,4-5,10H2,(H2,20,24)(H,21,25)(H,22,23);3-9H,2,10H2,1H3,(H2,19,24)(H,20,23)(H,21,22). The number of aromatic nitrogens is 11. The first-order valence-electron chi connectivity index (χ1n) is 34.7. The highest BCUT2D eigenvalue weighted by molar-refractivity contribution is 6.03.